The Morgan fingerprint density at radius 3 is 2.65 bits per heavy atom. The van der Waals surface area contributed by atoms with E-state index in [0.29, 0.717) is 17.2 Å². The van der Waals surface area contributed by atoms with Crippen LogP contribution in [0, 0.1) is 19.7 Å². The molecular formula is C13H14FN3. The summed E-state index contributed by atoms with van der Waals surface area (Å²) in [6, 6.07) is 6.72. The fourth-order valence-corrected chi connectivity index (χ4v) is 1.58. The van der Waals surface area contributed by atoms with E-state index in [2.05, 4.69) is 10.3 Å². The van der Waals surface area contributed by atoms with Crippen molar-refractivity contribution in [2.45, 2.75) is 13.8 Å². The summed E-state index contributed by atoms with van der Waals surface area (Å²) in [6.45, 7) is 3.72. The van der Waals surface area contributed by atoms with Gasteiger partial charge in [-0.25, -0.2) is 9.37 Å². The third-order valence-corrected chi connectivity index (χ3v) is 2.67. The van der Waals surface area contributed by atoms with Gasteiger partial charge in [-0.05, 0) is 37.1 Å². The molecule has 17 heavy (non-hydrogen) atoms. The van der Waals surface area contributed by atoms with Crippen molar-refractivity contribution in [1.82, 2.24) is 4.98 Å². The van der Waals surface area contributed by atoms with Crippen molar-refractivity contribution >= 4 is 17.2 Å². The average Bonchev–Trinajstić information content (AvgIpc) is 2.29. The molecule has 0 aliphatic rings. The number of anilines is 3. The number of nitrogen functional groups attached to an aromatic ring is 1. The molecule has 3 N–H and O–H groups in total. The highest BCUT2D eigenvalue weighted by Gasteiger charge is 2.09. The minimum absolute atomic E-state index is 0.312. The topological polar surface area (TPSA) is 50.9 Å². The van der Waals surface area contributed by atoms with Gasteiger partial charge in [-0.3, -0.25) is 0 Å². The van der Waals surface area contributed by atoms with Gasteiger partial charge in [0.15, 0.2) is 5.82 Å². The zero-order valence-corrected chi connectivity index (χ0v) is 9.79. The summed E-state index contributed by atoms with van der Waals surface area (Å²) in [7, 11) is 0. The summed E-state index contributed by atoms with van der Waals surface area (Å²) in [4.78, 5) is 4.11. The lowest BCUT2D eigenvalue weighted by molar-refractivity contribution is 0.631. The number of nitrogens with zero attached hydrogens (tertiary/aromatic N) is 1. The second-order valence-electron chi connectivity index (χ2n) is 3.95. The molecule has 0 aliphatic heterocycles. The van der Waals surface area contributed by atoms with Crippen molar-refractivity contribution < 1.29 is 4.39 Å². The number of rotatable bonds is 2. The van der Waals surface area contributed by atoms with E-state index in [-0.39, 0.29) is 5.82 Å². The zero-order chi connectivity index (χ0) is 12.4. The van der Waals surface area contributed by atoms with Crippen molar-refractivity contribution in [3.05, 3.63) is 47.4 Å². The lowest BCUT2D eigenvalue weighted by Crippen LogP contribution is -2.03. The molecule has 2 aromatic rings. The van der Waals surface area contributed by atoms with Crippen LogP contribution in [0.15, 0.2) is 30.5 Å². The molecule has 4 heteroatoms. The van der Waals surface area contributed by atoms with Gasteiger partial charge < -0.3 is 11.1 Å². The number of benzene rings is 1. The third-order valence-electron chi connectivity index (χ3n) is 2.67. The Hall–Kier alpha value is -2.10. The van der Waals surface area contributed by atoms with E-state index >= 15 is 0 Å². The summed E-state index contributed by atoms with van der Waals surface area (Å²) in [6.07, 6.45) is 1.64. The fourth-order valence-electron chi connectivity index (χ4n) is 1.58. The van der Waals surface area contributed by atoms with Gasteiger partial charge in [0.05, 0.1) is 11.4 Å². The van der Waals surface area contributed by atoms with Crippen LogP contribution < -0.4 is 11.1 Å². The van der Waals surface area contributed by atoms with Crippen LogP contribution >= 0.6 is 0 Å². The number of para-hydroxylation sites is 1. The maximum Gasteiger partial charge on any atom is 0.153 e. The molecule has 2 rings (SSSR count). The highest BCUT2D eigenvalue weighted by atomic mass is 19.1. The van der Waals surface area contributed by atoms with Crippen molar-refractivity contribution in [3.8, 4) is 0 Å². The smallest absolute Gasteiger partial charge is 0.153 e. The van der Waals surface area contributed by atoms with E-state index in [9.17, 15) is 4.39 Å². The SMILES string of the molecule is Cc1ccnc(Nc2c(C)cccc2F)c1N. The molecule has 0 unspecified atom stereocenters. The van der Waals surface area contributed by atoms with Crippen molar-refractivity contribution in [1.29, 1.82) is 0 Å². The number of halogens is 1. The molecule has 0 bridgehead atoms. The van der Waals surface area contributed by atoms with Crippen LogP contribution in [0.2, 0.25) is 0 Å². The van der Waals surface area contributed by atoms with E-state index in [1.54, 1.807) is 12.3 Å². The Balaban J connectivity index is 2.42. The maximum absolute atomic E-state index is 13.6. The largest absolute Gasteiger partial charge is 0.396 e. The highest BCUT2D eigenvalue weighted by molar-refractivity contribution is 5.72. The van der Waals surface area contributed by atoms with Crippen LogP contribution in [0.1, 0.15) is 11.1 Å². The van der Waals surface area contributed by atoms with E-state index in [1.807, 2.05) is 26.0 Å². The van der Waals surface area contributed by atoms with Crippen molar-refractivity contribution in [3.63, 3.8) is 0 Å². The Kier molecular flexibility index (Phi) is 2.95. The lowest BCUT2D eigenvalue weighted by atomic mass is 10.2. The predicted octanol–water partition coefficient (Wildman–Crippen LogP) is 3.16. The van der Waals surface area contributed by atoms with Crippen LogP contribution in [-0.4, -0.2) is 4.98 Å². The molecule has 1 aromatic heterocycles. The van der Waals surface area contributed by atoms with E-state index in [4.69, 9.17) is 5.73 Å². The molecule has 0 saturated heterocycles. The Bertz CT molecular complexity index is 532. The minimum Gasteiger partial charge on any atom is -0.396 e. The van der Waals surface area contributed by atoms with Gasteiger partial charge in [-0.15, -0.1) is 0 Å². The second kappa shape index (κ2) is 4.41. The molecule has 88 valence electrons. The van der Waals surface area contributed by atoms with Gasteiger partial charge in [0.25, 0.3) is 0 Å². The maximum atomic E-state index is 13.6. The van der Waals surface area contributed by atoms with E-state index in [1.165, 1.54) is 6.07 Å². The molecular weight excluding hydrogens is 217 g/mol. The summed E-state index contributed by atoms with van der Waals surface area (Å²) < 4.78 is 13.6. The van der Waals surface area contributed by atoms with Gasteiger partial charge in [0.1, 0.15) is 5.82 Å². The number of aryl methyl sites for hydroxylation is 2. The molecule has 0 radical (unpaired) electrons. The first-order chi connectivity index (χ1) is 8.09. The van der Waals surface area contributed by atoms with Crippen molar-refractivity contribution in [2.75, 3.05) is 11.1 Å². The molecule has 1 heterocycles. The Morgan fingerprint density at radius 1 is 1.18 bits per heavy atom. The van der Waals surface area contributed by atoms with Crippen LogP contribution in [-0.2, 0) is 0 Å². The number of hydrogen-bond acceptors (Lipinski definition) is 3. The number of nitrogens with two attached hydrogens (primary N) is 1. The van der Waals surface area contributed by atoms with Crippen LogP contribution in [0.25, 0.3) is 0 Å². The van der Waals surface area contributed by atoms with E-state index < -0.39 is 0 Å². The summed E-state index contributed by atoms with van der Waals surface area (Å²) >= 11 is 0. The monoisotopic (exact) mass is 231 g/mol. The Labute approximate surface area is 99.5 Å². The fraction of sp³-hybridized carbons (Fsp3) is 0.154. The highest BCUT2D eigenvalue weighted by Crippen LogP contribution is 2.27. The van der Waals surface area contributed by atoms with Gasteiger partial charge in [0.2, 0.25) is 0 Å². The number of hydrogen-bond donors (Lipinski definition) is 2. The molecule has 0 saturated carbocycles. The standard InChI is InChI=1S/C13H14FN3/c1-8-6-7-16-13(11(8)15)17-12-9(2)4-3-5-10(12)14/h3-7H,15H2,1-2H3,(H,16,17). The van der Waals surface area contributed by atoms with Gasteiger partial charge >= 0.3 is 0 Å². The first-order valence-electron chi connectivity index (χ1n) is 5.33. The predicted molar refractivity (Wildman–Crippen MR) is 67.8 cm³/mol. The number of nitrogens with one attached hydrogen (secondary N) is 1. The van der Waals surface area contributed by atoms with Crippen molar-refractivity contribution in [2.24, 2.45) is 0 Å². The van der Waals surface area contributed by atoms with E-state index in [0.717, 1.165) is 11.1 Å². The van der Waals surface area contributed by atoms with Crippen LogP contribution in [0.3, 0.4) is 0 Å². The molecule has 0 aliphatic carbocycles. The first kappa shape index (κ1) is 11.4. The first-order valence-corrected chi connectivity index (χ1v) is 5.33. The number of pyridine rings is 1. The minimum atomic E-state index is -0.312. The molecule has 0 spiro atoms. The van der Waals surface area contributed by atoms with Crippen LogP contribution in [0.4, 0.5) is 21.6 Å². The average molecular weight is 231 g/mol. The normalized spacial score (nSPS) is 10.3. The third kappa shape index (κ3) is 2.20. The van der Waals surface area contributed by atoms with Gasteiger partial charge in [0, 0.05) is 6.20 Å². The lowest BCUT2D eigenvalue weighted by Gasteiger charge is -2.12. The van der Waals surface area contributed by atoms with Crippen LogP contribution in [0.5, 0.6) is 0 Å². The van der Waals surface area contributed by atoms with Gasteiger partial charge in [-0.2, -0.15) is 0 Å². The summed E-state index contributed by atoms with van der Waals surface area (Å²) in [5, 5.41) is 2.94. The molecule has 3 nitrogen and oxygen atoms in total. The van der Waals surface area contributed by atoms with Gasteiger partial charge in [-0.1, -0.05) is 12.1 Å². The zero-order valence-electron chi connectivity index (χ0n) is 9.79. The molecule has 0 amide bonds. The summed E-state index contributed by atoms with van der Waals surface area (Å²) in [5.41, 5.74) is 8.56. The molecule has 0 atom stereocenters. The number of aromatic nitrogens is 1. The molecule has 1 aromatic carbocycles. The molecule has 0 fully saturated rings. The quantitative estimate of drug-likeness (QED) is 0.834. The summed E-state index contributed by atoms with van der Waals surface area (Å²) in [5.74, 6) is 0.172. The second-order valence-corrected chi connectivity index (χ2v) is 3.95. The Morgan fingerprint density at radius 2 is 1.94 bits per heavy atom.